The lowest BCUT2D eigenvalue weighted by Crippen LogP contribution is -2.44. The number of benzene rings is 1. The molecule has 3 heterocycles. The summed E-state index contributed by atoms with van der Waals surface area (Å²) in [4.78, 5) is 33.5. The topological polar surface area (TPSA) is 91.1 Å². The van der Waals surface area contributed by atoms with E-state index in [9.17, 15) is 14.0 Å². The lowest BCUT2D eigenvalue weighted by Gasteiger charge is -2.31. The number of halogens is 2. The van der Waals surface area contributed by atoms with Gasteiger partial charge in [-0.3, -0.25) is 13.9 Å². The summed E-state index contributed by atoms with van der Waals surface area (Å²) in [6, 6.07) is 4.29. The summed E-state index contributed by atoms with van der Waals surface area (Å²) in [7, 11) is 1.60. The molecule has 34 heavy (non-hydrogen) atoms. The largest absolute Gasteiger partial charge is 0.341 e. The molecule has 1 atom stereocenters. The van der Waals surface area contributed by atoms with Crippen molar-refractivity contribution in [3.63, 3.8) is 0 Å². The highest BCUT2D eigenvalue weighted by Gasteiger charge is 2.26. The first-order valence-electron chi connectivity index (χ1n) is 11.4. The van der Waals surface area contributed by atoms with Crippen molar-refractivity contribution in [1.29, 1.82) is 0 Å². The van der Waals surface area contributed by atoms with Crippen molar-refractivity contribution in [2.75, 3.05) is 18.0 Å². The summed E-state index contributed by atoms with van der Waals surface area (Å²) < 4.78 is 18.6. The molecule has 1 saturated heterocycles. The Hall–Kier alpha value is -2.91. The number of imidazole rings is 1. The Morgan fingerprint density at radius 2 is 2.06 bits per heavy atom. The zero-order chi connectivity index (χ0) is 24.6. The molecule has 2 N–H and O–H groups in total. The van der Waals surface area contributed by atoms with Crippen molar-refractivity contribution < 1.29 is 4.39 Å². The fraction of sp³-hybridized carbons (Fsp3) is 0.458. The molecule has 1 aliphatic rings. The number of piperidine rings is 1. The monoisotopic (exact) mass is 488 g/mol. The second kappa shape index (κ2) is 9.76. The molecule has 8 nitrogen and oxygen atoms in total. The van der Waals surface area contributed by atoms with Gasteiger partial charge in [-0.05, 0) is 56.9 Å². The predicted octanol–water partition coefficient (Wildman–Crippen LogP) is 2.83. The lowest BCUT2D eigenvalue weighted by atomic mass is 10.1. The number of anilines is 1. The predicted molar refractivity (Wildman–Crippen MR) is 133 cm³/mol. The first kappa shape index (κ1) is 24.2. The van der Waals surface area contributed by atoms with E-state index in [0.29, 0.717) is 40.8 Å². The van der Waals surface area contributed by atoms with Gasteiger partial charge in [0, 0.05) is 44.3 Å². The van der Waals surface area contributed by atoms with Crippen molar-refractivity contribution in [3.05, 3.63) is 67.1 Å². The molecule has 0 saturated carbocycles. The molecule has 1 aliphatic heterocycles. The van der Waals surface area contributed by atoms with Crippen LogP contribution in [-0.4, -0.2) is 37.8 Å². The number of aryl methyl sites for hydroxylation is 2. The van der Waals surface area contributed by atoms with Crippen LogP contribution in [0, 0.1) is 5.82 Å². The molecule has 2 aromatic heterocycles. The minimum absolute atomic E-state index is 0.0243. The maximum Gasteiger partial charge on any atom is 0.332 e. The summed E-state index contributed by atoms with van der Waals surface area (Å²) in [6.07, 6.45) is 4.05. The van der Waals surface area contributed by atoms with E-state index in [4.69, 9.17) is 22.3 Å². The molecular weight excluding hydrogens is 459 g/mol. The number of allylic oxidation sites excluding steroid dienone is 2. The Bertz CT molecular complexity index is 1370. The summed E-state index contributed by atoms with van der Waals surface area (Å²) >= 11 is 6.00. The van der Waals surface area contributed by atoms with Crippen LogP contribution in [-0.2, 0) is 26.6 Å². The maximum atomic E-state index is 14.2. The number of hydrogen-bond donors (Lipinski definition) is 1. The number of aromatic nitrogens is 4. The van der Waals surface area contributed by atoms with Crippen LogP contribution in [0.3, 0.4) is 0 Å². The Balaban J connectivity index is 1.85. The zero-order valence-corrected chi connectivity index (χ0v) is 20.5. The number of nitrogens with two attached hydrogens (primary N) is 1. The molecule has 0 amide bonds. The van der Waals surface area contributed by atoms with Gasteiger partial charge in [0.25, 0.3) is 5.56 Å². The number of hydrogen-bond acceptors (Lipinski definition) is 5. The third-order valence-corrected chi connectivity index (χ3v) is 6.48. The lowest BCUT2D eigenvalue weighted by molar-refractivity contribution is 0.495. The molecule has 1 unspecified atom stereocenters. The van der Waals surface area contributed by atoms with Gasteiger partial charge in [0.2, 0.25) is 5.95 Å². The molecule has 0 radical (unpaired) electrons. The van der Waals surface area contributed by atoms with Crippen LogP contribution in [0.15, 0.2) is 39.4 Å². The molecule has 1 fully saturated rings. The van der Waals surface area contributed by atoms with Gasteiger partial charge < -0.3 is 15.2 Å². The first-order valence-corrected chi connectivity index (χ1v) is 11.8. The van der Waals surface area contributed by atoms with Crippen LogP contribution in [0.4, 0.5) is 10.3 Å². The van der Waals surface area contributed by atoms with Crippen molar-refractivity contribution in [1.82, 2.24) is 18.7 Å². The molecule has 182 valence electrons. The Morgan fingerprint density at radius 3 is 2.76 bits per heavy atom. The van der Waals surface area contributed by atoms with Gasteiger partial charge in [0.1, 0.15) is 5.82 Å². The van der Waals surface area contributed by atoms with Gasteiger partial charge in [0.15, 0.2) is 11.2 Å². The van der Waals surface area contributed by atoms with Crippen molar-refractivity contribution >= 4 is 28.7 Å². The quantitative estimate of drug-likeness (QED) is 0.539. The average Bonchev–Trinajstić information content (AvgIpc) is 3.18. The van der Waals surface area contributed by atoms with E-state index in [1.54, 1.807) is 7.05 Å². The second-order valence-corrected chi connectivity index (χ2v) is 9.54. The smallest absolute Gasteiger partial charge is 0.332 e. The number of rotatable bonds is 6. The summed E-state index contributed by atoms with van der Waals surface area (Å²) in [5.41, 5.74) is 7.40. The third-order valence-electron chi connectivity index (χ3n) is 6.25. The van der Waals surface area contributed by atoms with Crippen LogP contribution in [0.5, 0.6) is 0 Å². The second-order valence-electron chi connectivity index (χ2n) is 9.11. The van der Waals surface area contributed by atoms with Crippen LogP contribution >= 0.6 is 11.6 Å². The van der Waals surface area contributed by atoms with Crippen LogP contribution < -0.4 is 21.9 Å². The summed E-state index contributed by atoms with van der Waals surface area (Å²) in [5.74, 6) is 0.209. The van der Waals surface area contributed by atoms with Gasteiger partial charge in [0.05, 0.1) is 0 Å². The van der Waals surface area contributed by atoms with Gasteiger partial charge in [-0.1, -0.05) is 23.3 Å². The standard InChI is InChI=1S/C24H30ClFN6O2/c1-15(2)8-11-31-20-21(28-23(31)30-10-4-5-18(27)14-30)29(3)24(34)32(22(20)33)12-9-16-13-17(25)6-7-19(16)26/h6-8,13,18H,4-5,9-12,14,27H2,1-3H3. The van der Waals surface area contributed by atoms with E-state index in [-0.39, 0.29) is 19.0 Å². The number of nitrogens with zero attached hydrogens (tertiary/aromatic N) is 5. The molecule has 3 aromatic rings. The fourth-order valence-corrected chi connectivity index (χ4v) is 4.60. The fourth-order valence-electron chi connectivity index (χ4n) is 4.40. The van der Waals surface area contributed by atoms with E-state index in [2.05, 4.69) is 4.90 Å². The van der Waals surface area contributed by atoms with E-state index in [1.165, 1.54) is 22.8 Å². The van der Waals surface area contributed by atoms with Gasteiger partial charge >= 0.3 is 5.69 Å². The SMILES string of the molecule is CC(C)=CCn1c(N2CCCC(N)C2)nc2c1c(=O)n(CCc1cc(Cl)ccc1F)c(=O)n2C. The maximum absolute atomic E-state index is 14.2. The van der Waals surface area contributed by atoms with E-state index < -0.39 is 17.1 Å². The van der Waals surface area contributed by atoms with E-state index in [0.717, 1.165) is 29.5 Å². The number of fused-ring (bicyclic) bond motifs is 1. The third kappa shape index (κ3) is 4.67. The highest BCUT2D eigenvalue weighted by atomic mass is 35.5. The van der Waals surface area contributed by atoms with Crippen molar-refractivity contribution in [2.24, 2.45) is 12.8 Å². The summed E-state index contributed by atoms with van der Waals surface area (Å²) in [5, 5.41) is 0.399. The average molecular weight is 489 g/mol. The van der Waals surface area contributed by atoms with Crippen molar-refractivity contribution in [3.8, 4) is 0 Å². The zero-order valence-electron chi connectivity index (χ0n) is 19.7. The molecule has 10 heteroatoms. The molecule has 1 aromatic carbocycles. The minimum Gasteiger partial charge on any atom is -0.341 e. The highest BCUT2D eigenvalue weighted by molar-refractivity contribution is 6.30. The van der Waals surface area contributed by atoms with Gasteiger partial charge in [-0.25, -0.2) is 9.18 Å². The first-order chi connectivity index (χ1) is 16.2. The van der Waals surface area contributed by atoms with Crippen LogP contribution in [0.2, 0.25) is 5.02 Å². The summed E-state index contributed by atoms with van der Waals surface area (Å²) in [6.45, 7) is 5.86. The van der Waals surface area contributed by atoms with Gasteiger partial charge in [-0.2, -0.15) is 4.98 Å². The van der Waals surface area contributed by atoms with Crippen molar-refractivity contribution in [2.45, 2.75) is 52.2 Å². The highest BCUT2D eigenvalue weighted by Crippen LogP contribution is 2.23. The van der Waals surface area contributed by atoms with Crippen LogP contribution in [0.25, 0.3) is 11.2 Å². The molecule has 0 spiro atoms. The van der Waals surface area contributed by atoms with E-state index >= 15 is 0 Å². The van der Waals surface area contributed by atoms with E-state index in [1.807, 2.05) is 24.5 Å². The normalized spacial score (nSPS) is 16.3. The van der Waals surface area contributed by atoms with Crippen LogP contribution in [0.1, 0.15) is 32.3 Å². The minimum atomic E-state index is -0.492. The Morgan fingerprint density at radius 1 is 1.29 bits per heavy atom. The Kier molecular flexibility index (Phi) is 6.95. The molecular formula is C24H30ClFN6O2. The Labute approximate surface area is 202 Å². The van der Waals surface area contributed by atoms with Gasteiger partial charge in [-0.15, -0.1) is 0 Å². The molecule has 0 bridgehead atoms. The molecule has 0 aliphatic carbocycles. The molecule has 4 rings (SSSR count).